The van der Waals surface area contributed by atoms with Crippen molar-refractivity contribution in [3.05, 3.63) is 61.4 Å². The van der Waals surface area contributed by atoms with Crippen molar-refractivity contribution in [2.24, 2.45) is 17.3 Å². The van der Waals surface area contributed by atoms with E-state index in [1.807, 2.05) is 29.8 Å². The molecule has 3 aromatic rings. The van der Waals surface area contributed by atoms with E-state index in [1.54, 1.807) is 19.2 Å². The van der Waals surface area contributed by atoms with Crippen LogP contribution in [0.25, 0.3) is 10.2 Å². The molecule has 1 heterocycles. The van der Waals surface area contributed by atoms with Crippen molar-refractivity contribution in [1.82, 2.24) is 4.57 Å². The van der Waals surface area contributed by atoms with Gasteiger partial charge in [0.25, 0.3) is 5.69 Å². The van der Waals surface area contributed by atoms with Gasteiger partial charge in [-0.1, -0.05) is 17.4 Å². The Morgan fingerprint density at radius 3 is 2.84 bits per heavy atom. The molecule has 0 amide bonds. The van der Waals surface area contributed by atoms with Crippen LogP contribution in [0.2, 0.25) is 0 Å². The number of hydrogen-bond acceptors (Lipinski definition) is 6. The number of halogens is 1. The third-order valence-corrected chi connectivity index (χ3v) is 5.29. The highest BCUT2D eigenvalue weighted by molar-refractivity contribution is 9.10. The molecule has 2 aromatic carbocycles. The summed E-state index contributed by atoms with van der Waals surface area (Å²) in [4.78, 5) is 11.2. The van der Waals surface area contributed by atoms with E-state index in [0.717, 1.165) is 16.0 Å². The Kier molecular flexibility index (Phi) is 4.95. The lowest BCUT2D eigenvalue weighted by Crippen LogP contribution is -2.08. The predicted octanol–water partition coefficient (Wildman–Crippen LogP) is 3.85. The van der Waals surface area contributed by atoms with Gasteiger partial charge < -0.3 is 9.30 Å². The Labute approximate surface area is 155 Å². The fraction of sp³-hybridized carbons (Fsp3) is 0.125. The van der Waals surface area contributed by atoms with Crippen LogP contribution < -0.4 is 9.54 Å². The Hall–Kier alpha value is -2.52. The average molecular weight is 421 g/mol. The van der Waals surface area contributed by atoms with E-state index in [2.05, 4.69) is 26.1 Å². The number of ether oxygens (including phenoxy) is 1. The molecule has 0 aliphatic heterocycles. The smallest absolute Gasteiger partial charge is 0.284 e. The highest BCUT2D eigenvalue weighted by Crippen LogP contribution is 2.25. The second-order valence-corrected chi connectivity index (χ2v) is 6.95. The van der Waals surface area contributed by atoms with Crippen molar-refractivity contribution >= 4 is 49.4 Å². The van der Waals surface area contributed by atoms with E-state index in [1.165, 1.54) is 23.6 Å². The highest BCUT2D eigenvalue weighted by atomic mass is 79.9. The van der Waals surface area contributed by atoms with E-state index < -0.39 is 4.92 Å². The SMILES string of the molecule is COc1ccc2c(c1)s/c(=N\N=C/c1ccc(Br)c([N+](=O)[O-])c1)n2C. The Morgan fingerprint density at radius 1 is 1.32 bits per heavy atom. The first-order chi connectivity index (χ1) is 12.0. The molecular formula is C16H13BrN4O3S. The lowest BCUT2D eigenvalue weighted by atomic mass is 10.2. The van der Waals surface area contributed by atoms with Gasteiger partial charge in [0.1, 0.15) is 5.75 Å². The van der Waals surface area contributed by atoms with Gasteiger partial charge in [-0.2, -0.15) is 5.10 Å². The lowest BCUT2D eigenvalue weighted by molar-refractivity contribution is -0.385. The molecule has 0 bridgehead atoms. The molecule has 0 saturated carbocycles. The minimum Gasteiger partial charge on any atom is -0.497 e. The van der Waals surface area contributed by atoms with Gasteiger partial charge in [0.05, 0.1) is 32.9 Å². The van der Waals surface area contributed by atoms with Crippen LogP contribution in [0.3, 0.4) is 0 Å². The number of thiazole rings is 1. The molecule has 0 aliphatic carbocycles. The van der Waals surface area contributed by atoms with E-state index in [-0.39, 0.29) is 5.69 Å². The van der Waals surface area contributed by atoms with E-state index in [0.29, 0.717) is 14.8 Å². The number of methoxy groups -OCH3 is 1. The van der Waals surface area contributed by atoms with Crippen LogP contribution in [-0.4, -0.2) is 22.8 Å². The van der Waals surface area contributed by atoms with Gasteiger partial charge in [-0.25, -0.2) is 0 Å². The summed E-state index contributed by atoms with van der Waals surface area (Å²) in [7, 11) is 3.53. The predicted molar refractivity (Wildman–Crippen MR) is 101 cm³/mol. The van der Waals surface area contributed by atoms with Gasteiger partial charge in [-0.3, -0.25) is 10.1 Å². The van der Waals surface area contributed by atoms with Gasteiger partial charge >= 0.3 is 0 Å². The lowest BCUT2D eigenvalue weighted by Gasteiger charge is -1.99. The van der Waals surface area contributed by atoms with Crippen LogP contribution in [0.4, 0.5) is 5.69 Å². The van der Waals surface area contributed by atoms with Crippen LogP contribution in [0.1, 0.15) is 5.56 Å². The van der Waals surface area contributed by atoms with Crippen LogP contribution in [0.15, 0.2) is 51.1 Å². The van der Waals surface area contributed by atoms with Crippen molar-refractivity contribution in [2.75, 3.05) is 7.11 Å². The molecule has 0 unspecified atom stereocenters. The molecule has 25 heavy (non-hydrogen) atoms. The molecule has 0 spiro atoms. The molecule has 0 atom stereocenters. The van der Waals surface area contributed by atoms with Crippen molar-refractivity contribution in [2.45, 2.75) is 0 Å². The Balaban J connectivity index is 1.95. The average Bonchev–Trinajstić information content (AvgIpc) is 2.91. The maximum Gasteiger partial charge on any atom is 0.284 e. The zero-order valence-electron chi connectivity index (χ0n) is 13.3. The van der Waals surface area contributed by atoms with Gasteiger partial charge in [0.15, 0.2) is 0 Å². The Morgan fingerprint density at radius 2 is 2.12 bits per heavy atom. The summed E-state index contributed by atoms with van der Waals surface area (Å²) in [5, 5.41) is 19.2. The zero-order valence-corrected chi connectivity index (χ0v) is 15.7. The summed E-state index contributed by atoms with van der Waals surface area (Å²) in [6.07, 6.45) is 1.49. The van der Waals surface area contributed by atoms with Crippen LogP contribution in [0, 0.1) is 10.1 Å². The first-order valence-electron chi connectivity index (χ1n) is 7.14. The number of aryl methyl sites for hydroxylation is 1. The van der Waals surface area contributed by atoms with Crippen molar-refractivity contribution in [3.63, 3.8) is 0 Å². The monoisotopic (exact) mass is 420 g/mol. The standard InChI is InChI=1S/C16H13BrN4O3S/c1-20-13-6-4-11(24-2)8-15(13)25-16(20)19-18-9-10-3-5-12(17)14(7-10)21(22)23/h3-9H,1-2H3/b18-9-,19-16-. The summed E-state index contributed by atoms with van der Waals surface area (Å²) in [6, 6.07) is 10.6. The number of nitro benzene ring substituents is 1. The minimum atomic E-state index is -0.446. The molecule has 9 heteroatoms. The normalized spacial score (nSPS) is 12.2. The highest BCUT2D eigenvalue weighted by Gasteiger charge is 2.11. The summed E-state index contributed by atoms with van der Waals surface area (Å²) >= 11 is 4.64. The maximum atomic E-state index is 11.0. The number of nitrogens with zero attached hydrogens (tertiary/aromatic N) is 4. The maximum absolute atomic E-state index is 11.0. The number of hydrogen-bond donors (Lipinski definition) is 0. The third kappa shape index (κ3) is 3.62. The summed E-state index contributed by atoms with van der Waals surface area (Å²) in [5.41, 5.74) is 1.62. The molecule has 0 aliphatic rings. The van der Waals surface area contributed by atoms with Crippen LogP contribution in [0.5, 0.6) is 5.75 Å². The fourth-order valence-electron chi connectivity index (χ4n) is 2.23. The number of benzene rings is 2. The number of rotatable bonds is 4. The molecule has 0 fully saturated rings. The first-order valence-corrected chi connectivity index (χ1v) is 8.75. The molecule has 0 N–H and O–H groups in total. The molecule has 3 rings (SSSR count). The zero-order chi connectivity index (χ0) is 18.0. The number of aromatic nitrogens is 1. The van der Waals surface area contributed by atoms with Gasteiger partial charge in [-0.05, 0) is 40.2 Å². The van der Waals surface area contributed by atoms with Crippen LogP contribution in [-0.2, 0) is 7.05 Å². The minimum absolute atomic E-state index is 0.0107. The quantitative estimate of drug-likeness (QED) is 0.365. The topological polar surface area (TPSA) is 82.0 Å². The molecule has 0 saturated heterocycles. The molecule has 1 aromatic heterocycles. The number of nitro groups is 1. The van der Waals surface area contributed by atoms with Gasteiger partial charge in [0, 0.05) is 18.7 Å². The summed E-state index contributed by atoms with van der Waals surface area (Å²) in [6.45, 7) is 0. The third-order valence-electron chi connectivity index (χ3n) is 3.53. The molecule has 7 nitrogen and oxygen atoms in total. The van der Waals surface area contributed by atoms with Gasteiger partial charge in [-0.15, -0.1) is 5.10 Å². The van der Waals surface area contributed by atoms with E-state index in [9.17, 15) is 10.1 Å². The second-order valence-electron chi connectivity index (χ2n) is 5.09. The molecule has 0 radical (unpaired) electrons. The van der Waals surface area contributed by atoms with Crippen LogP contribution >= 0.6 is 27.3 Å². The van der Waals surface area contributed by atoms with E-state index >= 15 is 0 Å². The fourth-order valence-corrected chi connectivity index (χ4v) is 3.63. The van der Waals surface area contributed by atoms with Gasteiger partial charge in [0.2, 0.25) is 4.80 Å². The van der Waals surface area contributed by atoms with E-state index in [4.69, 9.17) is 4.74 Å². The van der Waals surface area contributed by atoms with Crippen molar-refractivity contribution in [1.29, 1.82) is 0 Å². The molecular weight excluding hydrogens is 408 g/mol. The second kappa shape index (κ2) is 7.16. The van der Waals surface area contributed by atoms with Crippen molar-refractivity contribution in [3.8, 4) is 5.75 Å². The van der Waals surface area contributed by atoms with Crippen molar-refractivity contribution < 1.29 is 9.66 Å². The first kappa shape index (κ1) is 17.3. The Bertz CT molecular complexity index is 1060. The number of fused-ring (bicyclic) bond motifs is 1. The summed E-state index contributed by atoms with van der Waals surface area (Å²) < 4.78 is 8.62. The largest absolute Gasteiger partial charge is 0.497 e. The summed E-state index contributed by atoms with van der Waals surface area (Å²) in [5.74, 6) is 0.784. The molecule has 128 valence electrons.